The molecule has 0 amide bonds. The molecule has 0 N–H and O–H groups in total. The van der Waals surface area contributed by atoms with Crippen LogP contribution in [0.25, 0.3) is 6.08 Å². The minimum absolute atomic E-state index is 0.477. The van der Waals surface area contributed by atoms with E-state index in [0.29, 0.717) is 17.9 Å². The molecule has 0 saturated carbocycles. The molecule has 0 aromatic heterocycles. The van der Waals surface area contributed by atoms with Gasteiger partial charge >= 0.3 is 0 Å². The molecule has 0 atom stereocenters. The van der Waals surface area contributed by atoms with E-state index >= 15 is 0 Å². The first-order valence-corrected chi connectivity index (χ1v) is 6.34. The minimum atomic E-state index is -0.477. The Morgan fingerprint density at radius 2 is 2.21 bits per heavy atom. The summed E-state index contributed by atoms with van der Waals surface area (Å²) in [5.74, 6) is 1.32. The zero-order chi connectivity index (χ0) is 13.8. The zero-order valence-corrected chi connectivity index (χ0v) is 11.1. The Bertz CT molecular complexity index is 523. The van der Waals surface area contributed by atoms with Crippen molar-refractivity contribution in [1.82, 2.24) is 0 Å². The molecule has 0 unspecified atom stereocenters. The molecule has 0 aliphatic heterocycles. The molecule has 1 aromatic rings. The molecule has 1 aromatic carbocycles. The standard InChI is InChI=1S/C14H17NO4/c1-3-19-13-11(7-8-15(16)17)9-10-5-4-6-12(10)14(13)18-2/h7-9H,3-6H2,1-2H3. The van der Waals surface area contributed by atoms with E-state index in [-0.39, 0.29) is 0 Å². The number of fused-ring (bicyclic) bond motifs is 1. The molecule has 1 aliphatic carbocycles. The second-order valence-electron chi connectivity index (χ2n) is 4.35. The van der Waals surface area contributed by atoms with Crippen LogP contribution in [0.3, 0.4) is 0 Å². The van der Waals surface area contributed by atoms with Gasteiger partial charge in [0.05, 0.1) is 18.6 Å². The van der Waals surface area contributed by atoms with E-state index in [9.17, 15) is 10.1 Å². The Hall–Kier alpha value is -2.04. The Labute approximate surface area is 112 Å². The van der Waals surface area contributed by atoms with Crippen molar-refractivity contribution in [2.24, 2.45) is 0 Å². The molecule has 5 nitrogen and oxygen atoms in total. The van der Waals surface area contributed by atoms with Crippen LogP contribution >= 0.6 is 0 Å². The van der Waals surface area contributed by atoms with E-state index in [1.807, 2.05) is 13.0 Å². The summed E-state index contributed by atoms with van der Waals surface area (Å²) in [4.78, 5) is 10.00. The monoisotopic (exact) mass is 263 g/mol. The van der Waals surface area contributed by atoms with Gasteiger partial charge in [-0.3, -0.25) is 10.1 Å². The first-order chi connectivity index (χ1) is 9.17. The zero-order valence-electron chi connectivity index (χ0n) is 11.1. The number of rotatable bonds is 5. The molecule has 0 heterocycles. The predicted octanol–water partition coefficient (Wildman–Crippen LogP) is 2.83. The van der Waals surface area contributed by atoms with Gasteiger partial charge in [0.15, 0.2) is 11.5 Å². The summed E-state index contributed by atoms with van der Waals surface area (Å²) < 4.78 is 11.1. The van der Waals surface area contributed by atoms with Crippen LogP contribution in [-0.2, 0) is 12.8 Å². The van der Waals surface area contributed by atoms with Crippen LogP contribution in [0.2, 0.25) is 0 Å². The van der Waals surface area contributed by atoms with Crippen molar-refractivity contribution in [3.63, 3.8) is 0 Å². The summed E-state index contributed by atoms with van der Waals surface area (Å²) in [5, 5.41) is 10.5. The van der Waals surface area contributed by atoms with Crippen molar-refractivity contribution >= 4 is 6.08 Å². The average molecular weight is 263 g/mol. The maximum atomic E-state index is 10.5. The van der Waals surface area contributed by atoms with Crippen LogP contribution < -0.4 is 9.47 Å². The predicted molar refractivity (Wildman–Crippen MR) is 72.2 cm³/mol. The first-order valence-electron chi connectivity index (χ1n) is 6.34. The lowest BCUT2D eigenvalue weighted by molar-refractivity contribution is -0.400. The van der Waals surface area contributed by atoms with Gasteiger partial charge in [0, 0.05) is 17.2 Å². The normalized spacial score (nSPS) is 13.6. The van der Waals surface area contributed by atoms with Crippen molar-refractivity contribution in [2.75, 3.05) is 13.7 Å². The van der Waals surface area contributed by atoms with Crippen molar-refractivity contribution in [1.29, 1.82) is 0 Å². The second kappa shape index (κ2) is 5.73. The fourth-order valence-electron chi connectivity index (χ4n) is 2.48. The Balaban J connectivity index is 2.54. The maximum Gasteiger partial charge on any atom is 0.235 e. The molecule has 0 bridgehead atoms. The van der Waals surface area contributed by atoms with E-state index in [1.54, 1.807) is 7.11 Å². The van der Waals surface area contributed by atoms with Crippen LogP contribution in [0, 0.1) is 10.1 Å². The molecule has 0 spiro atoms. The highest BCUT2D eigenvalue weighted by Crippen LogP contribution is 2.41. The minimum Gasteiger partial charge on any atom is -0.493 e. The Morgan fingerprint density at radius 1 is 1.42 bits per heavy atom. The van der Waals surface area contributed by atoms with Crippen LogP contribution in [0.5, 0.6) is 11.5 Å². The number of benzene rings is 1. The Kier molecular flexibility index (Phi) is 4.04. The van der Waals surface area contributed by atoms with Crippen molar-refractivity contribution in [2.45, 2.75) is 26.2 Å². The molecule has 0 saturated heterocycles. The molecule has 2 rings (SSSR count). The summed E-state index contributed by atoms with van der Waals surface area (Å²) in [7, 11) is 1.61. The summed E-state index contributed by atoms with van der Waals surface area (Å²) in [6.45, 7) is 2.38. The van der Waals surface area contributed by atoms with Crippen molar-refractivity contribution < 1.29 is 14.4 Å². The number of methoxy groups -OCH3 is 1. The lowest BCUT2D eigenvalue weighted by Crippen LogP contribution is -2.01. The van der Waals surface area contributed by atoms with Gasteiger partial charge in [-0.15, -0.1) is 0 Å². The number of hydrogen-bond donors (Lipinski definition) is 0. The Morgan fingerprint density at radius 3 is 2.84 bits per heavy atom. The van der Waals surface area contributed by atoms with Gasteiger partial charge in [-0.1, -0.05) is 0 Å². The van der Waals surface area contributed by atoms with Gasteiger partial charge in [-0.05, 0) is 37.8 Å². The molecule has 0 radical (unpaired) electrons. The van der Waals surface area contributed by atoms with Gasteiger partial charge in [0.1, 0.15) is 0 Å². The highest BCUT2D eigenvalue weighted by Gasteiger charge is 2.22. The van der Waals surface area contributed by atoms with E-state index in [0.717, 1.165) is 31.2 Å². The van der Waals surface area contributed by atoms with Crippen LogP contribution in [-0.4, -0.2) is 18.6 Å². The van der Waals surface area contributed by atoms with Crippen molar-refractivity contribution in [3.05, 3.63) is 39.1 Å². The summed E-state index contributed by atoms with van der Waals surface area (Å²) >= 11 is 0. The lowest BCUT2D eigenvalue weighted by Gasteiger charge is -2.16. The summed E-state index contributed by atoms with van der Waals surface area (Å²) in [5.41, 5.74) is 3.07. The largest absolute Gasteiger partial charge is 0.493 e. The van der Waals surface area contributed by atoms with E-state index < -0.39 is 4.92 Å². The third-order valence-electron chi connectivity index (χ3n) is 3.20. The molecule has 19 heavy (non-hydrogen) atoms. The van der Waals surface area contributed by atoms with Gasteiger partial charge < -0.3 is 9.47 Å². The van der Waals surface area contributed by atoms with E-state index in [2.05, 4.69) is 0 Å². The highest BCUT2D eigenvalue weighted by atomic mass is 16.6. The first kappa shape index (κ1) is 13.4. The lowest BCUT2D eigenvalue weighted by atomic mass is 10.0. The summed E-state index contributed by atoms with van der Waals surface area (Å²) in [6.07, 6.45) is 5.43. The molecule has 1 aliphatic rings. The molecule has 5 heteroatoms. The number of hydrogen-bond acceptors (Lipinski definition) is 4. The third-order valence-corrected chi connectivity index (χ3v) is 3.20. The highest BCUT2D eigenvalue weighted by molar-refractivity contribution is 5.67. The fraction of sp³-hybridized carbons (Fsp3) is 0.429. The molecule has 102 valence electrons. The fourth-order valence-corrected chi connectivity index (χ4v) is 2.48. The number of nitro groups is 1. The topological polar surface area (TPSA) is 61.6 Å². The van der Waals surface area contributed by atoms with Crippen LogP contribution in [0.1, 0.15) is 30.0 Å². The van der Waals surface area contributed by atoms with Gasteiger partial charge in [0.2, 0.25) is 6.20 Å². The molecular weight excluding hydrogens is 246 g/mol. The van der Waals surface area contributed by atoms with Gasteiger partial charge in [-0.25, -0.2) is 0 Å². The van der Waals surface area contributed by atoms with Crippen molar-refractivity contribution in [3.8, 4) is 11.5 Å². The smallest absolute Gasteiger partial charge is 0.235 e. The number of nitrogens with zero attached hydrogens (tertiary/aromatic N) is 1. The quantitative estimate of drug-likeness (QED) is 0.605. The van der Waals surface area contributed by atoms with Gasteiger partial charge in [-0.2, -0.15) is 0 Å². The molecule has 0 fully saturated rings. The average Bonchev–Trinajstić information content (AvgIpc) is 2.84. The molecular formula is C14H17NO4. The third kappa shape index (κ3) is 2.70. The second-order valence-corrected chi connectivity index (χ2v) is 4.35. The van der Waals surface area contributed by atoms with E-state index in [1.165, 1.54) is 17.2 Å². The van der Waals surface area contributed by atoms with Gasteiger partial charge in [0.25, 0.3) is 0 Å². The summed E-state index contributed by atoms with van der Waals surface area (Å²) in [6, 6.07) is 1.97. The van der Waals surface area contributed by atoms with Crippen LogP contribution in [0.15, 0.2) is 12.3 Å². The number of ether oxygens (including phenoxy) is 2. The van der Waals surface area contributed by atoms with Crippen LogP contribution in [0.4, 0.5) is 0 Å². The number of aryl methyl sites for hydroxylation is 1. The SMILES string of the molecule is CCOc1c(C=C[N+](=O)[O-])cc2c(c1OC)CCC2. The van der Waals surface area contributed by atoms with E-state index in [4.69, 9.17) is 9.47 Å². The maximum absolute atomic E-state index is 10.5.